The van der Waals surface area contributed by atoms with E-state index in [1.807, 2.05) is 24.6 Å². The van der Waals surface area contributed by atoms with Gasteiger partial charge in [-0.3, -0.25) is 14.2 Å². The van der Waals surface area contributed by atoms with Crippen LogP contribution < -0.4 is 16.2 Å². The molecule has 0 aliphatic carbocycles. The molecule has 0 atom stereocenters. The fourth-order valence-electron chi connectivity index (χ4n) is 2.24. The number of aromatic nitrogens is 2. The zero-order valence-electron chi connectivity index (χ0n) is 12.6. The van der Waals surface area contributed by atoms with Crippen LogP contribution in [0.2, 0.25) is 0 Å². The Hall–Kier alpha value is -2.50. The maximum atomic E-state index is 12.3. The predicted molar refractivity (Wildman–Crippen MR) is 84.7 cm³/mol. The summed E-state index contributed by atoms with van der Waals surface area (Å²) >= 11 is 0. The molecule has 0 unspecified atom stereocenters. The molecule has 6 nitrogen and oxygen atoms in total. The first-order valence-electron chi connectivity index (χ1n) is 6.82. The molecule has 112 valence electrons. The molecule has 2 N–H and O–H groups in total. The number of amides is 2. The van der Waals surface area contributed by atoms with Crippen molar-refractivity contribution >= 4 is 22.6 Å². The van der Waals surface area contributed by atoms with Gasteiger partial charge in [0.1, 0.15) is 0 Å². The summed E-state index contributed by atoms with van der Waals surface area (Å²) in [5, 5.41) is 5.93. The van der Waals surface area contributed by atoms with Gasteiger partial charge in [0, 0.05) is 19.3 Å². The van der Waals surface area contributed by atoms with Gasteiger partial charge in [-0.1, -0.05) is 12.2 Å². The summed E-state index contributed by atoms with van der Waals surface area (Å²) in [4.78, 5) is 23.8. The molecule has 0 aliphatic rings. The monoisotopic (exact) mass is 288 g/mol. The zero-order chi connectivity index (χ0) is 15.6. The van der Waals surface area contributed by atoms with Crippen molar-refractivity contribution in [3.8, 4) is 0 Å². The average Bonchev–Trinajstić information content (AvgIpc) is 2.64. The van der Waals surface area contributed by atoms with Crippen LogP contribution in [0, 0.1) is 0 Å². The van der Waals surface area contributed by atoms with Gasteiger partial charge in [0.05, 0.1) is 17.4 Å². The highest BCUT2D eigenvalue weighted by Gasteiger charge is 2.11. The number of allylic oxidation sites excluding steroid dienone is 1. The maximum absolute atomic E-state index is 12.3. The lowest BCUT2D eigenvalue weighted by Crippen LogP contribution is -2.28. The zero-order valence-corrected chi connectivity index (χ0v) is 12.6. The van der Waals surface area contributed by atoms with E-state index >= 15 is 0 Å². The van der Waals surface area contributed by atoms with Crippen molar-refractivity contribution in [2.24, 2.45) is 7.05 Å². The van der Waals surface area contributed by atoms with Gasteiger partial charge in [-0.05, 0) is 32.0 Å². The van der Waals surface area contributed by atoms with E-state index in [0.29, 0.717) is 24.2 Å². The first kappa shape index (κ1) is 14.9. The third-order valence-electron chi connectivity index (χ3n) is 3.18. The summed E-state index contributed by atoms with van der Waals surface area (Å²) in [6, 6.07) is 5.03. The number of rotatable bonds is 4. The molecule has 1 aromatic carbocycles. The van der Waals surface area contributed by atoms with Gasteiger partial charge in [-0.2, -0.15) is 0 Å². The molecule has 0 saturated carbocycles. The van der Waals surface area contributed by atoms with E-state index < -0.39 is 0 Å². The molecule has 21 heavy (non-hydrogen) atoms. The standard InChI is InChI=1S/C15H20N4O2/c1-5-16-15(21)17-11-6-7-13-12(8-11)14(20)18(4)19(13)9-10(2)3/h6-8H,2,5,9H2,1,3-4H3,(H2,16,17,21). The lowest BCUT2D eigenvalue weighted by molar-refractivity contribution is 0.252. The lowest BCUT2D eigenvalue weighted by Gasteiger charge is -2.09. The summed E-state index contributed by atoms with van der Waals surface area (Å²) in [7, 11) is 1.72. The Kier molecular flexibility index (Phi) is 4.16. The highest BCUT2D eigenvalue weighted by molar-refractivity contribution is 5.92. The van der Waals surface area contributed by atoms with E-state index in [-0.39, 0.29) is 11.6 Å². The fourth-order valence-corrected chi connectivity index (χ4v) is 2.24. The average molecular weight is 288 g/mol. The summed E-state index contributed by atoms with van der Waals surface area (Å²) in [6.07, 6.45) is 0. The van der Waals surface area contributed by atoms with E-state index in [0.717, 1.165) is 11.1 Å². The molecule has 1 heterocycles. The number of fused-ring (bicyclic) bond motifs is 1. The summed E-state index contributed by atoms with van der Waals surface area (Å²) in [5.74, 6) is 0. The third kappa shape index (κ3) is 2.99. The minimum absolute atomic E-state index is 0.0919. The Morgan fingerprint density at radius 2 is 2.10 bits per heavy atom. The molecular formula is C15H20N4O2. The van der Waals surface area contributed by atoms with Crippen LogP contribution in [-0.2, 0) is 13.6 Å². The SMILES string of the molecule is C=C(C)Cn1c2ccc(NC(=O)NCC)cc2c(=O)n1C. The Bertz CT molecular complexity index is 755. The molecule has 1 aromatic heterocycles. The molecular weight excluding hydrogens is 268 g/mol. The summed E-state index contributed by atoms with van der Waals surface area (Å²) in [6.45, 7) is 8.77. The van der Waals surface area contributed by atoms with Gasteiger partial charge < -0.3 is 10.6 Å². The van der Waals surface area contributed by atoms with E-state index in [9.17, 15) is 9.59 Å². The van der Waals surface area contributed by atoms with E-state index in [1.54, 1.807) is 23.9 Å². The fraction of sp³-hybridized carbons (Fsp3) is 0.333. The Balaban J connectivity index is 2.45. The Labute approximate surface area is 123 Å². The van der Waals surface area contributed by atoms with E-state index in [1.165, 1.54) is 0 Å². The molecule has 0 spiro atoms. The Morgan fingerprint density at radius 3 is 2.71 bits per heavy atom. The molecule has 0 fully saturated rings. The normalized spacial score (nSPS) is 10.6. The molecule has 2 aromatic rings. The minimum Gasteiger partial charge on any atom is -0.338 e. The van der Waals surface area contributed by atoms with Crippen LogP contribution in [0.3, 0.4) is 0 Å². The molecule has 6 heteroatoms. The third-order valence-corrected chi connectivity index (χ3v) is 3.18. The van der Waals surface area contributed by atoms with Crippen LogP contribution in [0.25, 0.3) is 10.9 Å². The van der Waals surface area contributed by atoms with Crippen molar-refractivity contribution in [1.29, 1.82) is 0 Å². The number of nitrogens with one attached hydrogen (secondary N) is 2. The smallest absolute Gasteiger partial charge is 0.319 e. The summed E-state index contributed by atoms with van der Waals surface area (Å²) < 4.78 is 3.44. The molecule has 0 saturated heterocycles. The van der Waals surface area contributed by atoms with Crippen LogP contribution in [0.15, 0.2) is 35.1 Å². The molecule has 0 radical (unpaired) electrons. The highest BCUT2D eigenvalue weighted by atomic mass is 16.2. The van der Waals surface area contributed by atoms with Crippen LogP contribution >= 0.6 is 0 Å². The van der Waals surface area contributed by atoms with Gasteiger partial charge in [-0.15, -0.1) is 0 Å². The number of hydrogen-bond donors (Lipinski definition) is 2. The summed E-state index contributed by atoms with van der Waals surface area (Å²) in [5.41, 5.74) is 2.29. The van der Waals surface area contributed by atoms with Gasteiger partial charge in [0.2, 0.25) is 0 Å². The van der Waals surface area contributed by atoms with E-state index in [2.05, 4.69) is 17.2 Å². The van der Waals surface area contributed by atoms with Crippen LogP contribution in [0.5, 0.6) is 0 Å². The van der Waals surface area contributed by atoms with Crippen LogP contribution in [-0.4, -0.2) is 21.9 Å². The van der Waals surface area contributed by atoms with Gasteiger partial charge in [0.25, 0.3) is 5.56 Å². The van der Waals surface area contributed by atoms with Gasteiger partial charge in [-0.25, -0.2) is 4.79 Å². The second-order valence-corrected chi connectivity index (χ2v) is 5.06. The number of carbonyl (C=O) groups excluding carboxylic acids is 1. The van der Waals surface area contributed by atoms with Gasteiger partial charge >= 0.3 is 6.03 Å². The largest absolute Gasteiger partial charge is 0.338 e. The number of benzene rings is 1. The Morgan fingerprint density at radius 1 is 1.38 bits per heavy atom. The first-order chi connectivity index (χ1) is 9.93. The second-order valence-electron chi connectivity index (χ2n) is 5.06. The molecule has 2 amide bonds. The first-order valence-corrected chi connectivity index (χ1v) is 6.82. The van der Waals surface area contributed by atoms with Crippen molar-refractivity contribution in [3.63, 3.8) is 0 Å². The molecule has 2 rings (SSSR count). The number of urea groups is 1. The van der Waals surface area contributed by atoms with Crippen molar-refractivity contribution in [2.45, 2.75) is 20.4 Å². The predicted octanol–water partition coefficient (Wildman–Crippen LogP) is 2.06. The quantitative estimate of drug-likeness (QED) is 0.846. The maximum Gasteiger partial charge on any atom is 0.319 e. The van der Waals surface area contributed by atoms with Crippen LogP contribution in [0.1, 0.15) is 13.8 Å². The molecule has 0 bridgehead atoms. The van der Waals surface area contributed by atoms with E-state index in [4.69, 9.17) is 0 Å². The second kappa shape index (κ2) is 5.87. The van der Waals surface area contributed by atoms with Crippen molar-refractivity contribution in [2.75, 3.05) is 11.9 Å². The van der Waals surface area contributed by atoms with Crippen molar-refractivity contribution < 1.29 is 4.79 Å². The number of anilines is 1. The topological polar surface area (TPSA) is 68.1 Å². The lowest BCUT2D eigenvalue weighted by atomic mass is 10.2. The van der Waals surface area contributed by atoms with Crippen molar-refractivity contribution in [3.05, 3.63) is 40.7 Å². The number of hydrogen-bond acceptors (Lipinski definition) is 2. The number of carbonyl (C=O) groups is 1. The van der Waals surface area contributed by atoms with Crippen LogP contribution in [0.4, 0.5) is 10.5 Å². The van der Waals surface area contributed by atoms with Crippen molar-refractivity contribution in [1.82, 2.24) is 14.7 Å². The minimum atomic E-state index is -0.282. The van der Waals surface area contributed by atoms with Gasteiger partial charge in [0.15, 0.2) is 0 Å². The number of nitrogens with zero attached hydrogens (tertiary/aromatic N) is 2. The highest BCUT2D eigenvalue weighted by Crippen LogP contribution is 2.18. The molecule has 0 aliphatic heterocycles.